The summed E-state index contributed by atoms with van der Waals surface area (Å²) in [6.07, 6.45) is 4.35. The molecule has 0 bridgehead atoms. The molecule has 0 saturated carbocycles. The molecule has 66 valence electrons. The summed E-state index contributed by atoms with van der Waals surface area (Å²) in [5.74, 6) is 1.15. The van der Waals surface area contributed by atoms with Gasteiger partial charge < -0.3 is 8.90 Å². The number of likely N-dealkylation sites (tertiary alicyclic amines) is 1. The molecule has 0 radical (unpaired) electrons. The van der Waals surface area contributed by atoms with Crippen LogP contribution in [0.2, 0.25) is 0 Å². The molecule has 1 aliphatic heterocycles. The van der Waals surface area contributed by atoms with Crippen LogP contribution in [0.4, 0.5) is 0 Å². The molecular weight excluding hydrogens is 150 g/mol. The Labute approximate surface area is 73.4 Å². The molecule has 2 rings (SSSR count). The molecule has 2 heterocycles. The van der Waals surface area contributed by atoms with Crippen LogP contribution in [0.3, 0.4) is 0 Å². The Morgan fingerprint density at radius 2 is 2.33 bits per heavy atom. The SMILES string of the molecule is C[N+]1(C)CCC[C@H]1c1ccco1. The molecule has 0 amide bonds. The first-order chi connectivity index (χ1) is 5.70. The van der Waals surface area contributed by atoms with Crippen molar-refractivity contribution in [1.29, 1.82) is 0 Å². The molecule has 1 aromatic rings. The van der Waals surface area contributed by atoms with E-state index < -0.39 is 0 Å². The van der Waals surface area contributed by atoms with Crippen LogP contribution in [0.25, 0.3) is 0 Å². The van der Waals surface area contributed by atoms with E-state index in [4.69, 9.17) is 4.42 Å². The summed E-state index contributed by atoms with van der Waals surface area (Å²) in [7, 11) is 4.56. The highest BCUT2D eigenvalue weighted by Crippen LogP contribution is 2.35. The van der Waals surface area contributed by atoms with E-state index in [9.17, 15) is 0 Å². The summed E-state index contributed by atoms with van der Waals surface area (Å²) in [6.45, 7) is 1.27. The highest BCUT2D eigenvalue weighted by molar-refractivity contribution is 5.03. The summed E-state index contributed by atoms with van der Waals surface area (Å²) in [4.78, 5) is 0. The lowest BCUT2D eigenvalue weighted by Crippen LogP contribution is -2.38. The van der Waals surface area contributed by atoms with Crippen molar-refractivity contribution in [2.45, 2.75) is 18.9 Å². The average molecular weight is 166 g/mol. The molecule has 1 atom stereocenters. The van der Waals surface area contributed by atoms with Crippen LogP contribution in [-0.4, -0.2) is 25.1 Å². The molecule has 0 spiro atoms. The molecule has 0 N–H and O–H groups in total. The van der Waals surface area contributed by atoms with Gasteiger partial charge in [-0.2, -0.15) is 0 Å². The van der Waals surface area contributed by atoms with E-state index in [1.165, 1.54) is 19.4 Å². The van der Waals surface area contributed by atoms with Gasteiger partial charge in [0.15, 0.2) is 5.76 Å². The molecule has 1 aliphatic rings. The Kier molecular flexibility index (Phi) is 1.72. The molecule has 0 unspecified atom stereocenters. The van der Waals surface area contributed by atoms with Crippen molar-refractivity contribution in [3.63, 3.8) is 0 Å². The fraction of sp³-hybridized carbons (Fsp3) is 0.600. The van der Waals surface area contributed by atoms with Crippen molar-refractivity contribution in [3.8, 4) is 0 Å². The number of hydrogen-bond acceptors (Lipinski definition) is 1. The van der Waals surface area contributed by atoms with Crippen LogP contribution in [0.5, 0.6) is 0 Å². The fourth-order valence-electron chi connectivity index (χ4n) is 2.17. The molecule has 2 nitrogen and oxygen atoms in total. The Morgan fingerprint density at radius 3 is 2.83 bits per heavy atom. The van der Waals surface area contributed by atoms with Crippen LogP contribution in [-0.2, 0) is 0 Å². The van der Waals surface area contributed by atoms with Crippen LogP contribution in [0.1, 0.15) is 24.6 Å². The first kappa shape index (κ1) is 7.87. The summed E-state index contributed by atoms with van der Waals surface area (Å²) in [6, 6.07) is 4.66. The first-order valence-corrected chi connectivity index (χ1v) is 4.56. The van der Waals surface area contributed by atoms with Crippen molar-refractivity contribution < 1.29 is 8.90 Å². The predicted molar refractivity (Wildman–Crippen MR) is 47.7 cm³/mol. The summed E-state index contributed by atoms with van der Waals surface area (Å²) < 4.78 is 6.51. The Hall–Kier alpha value is -0.760. The minimum absolute atomic E-state index is 0.583. The third-order valence-corrected chi connectivity index (χ3v) is 2.93. The minimum Gasteiger partial charge on any atom is -0.463 e. The second kappa shape index (κ2) is 2.63. The molecule has 1 aromatic heterocycles. The van der Waals surface area contributed by atoms with E-state index >= 15 is 0 Å². The van der Waals surface area contributed by atoms with E-state index in [0.717, 1.165) is 10.2 Å². The third kappa shape index (κ3) is 1.16. The van der Waals surface area contributed by atoms with Crippen molar-refractivity contribution >= 4 is 0 Å². The van der Waals surface area contributed by atoms with Gasteiger partial charge in [-0.15, -0.1) is 0 Å². The molecule has 1 saturated heterocycles. The zero-order chi connectivity index (χ0) is 8.60. The van der Waals surface area contributed by atoms with Gasteiger partial charge in [-0.25, -0.2) is 0 Å². The van der Waals surface area contributed by atoms with E-state index in [1.54, 1.807) is 6.26 Å². The normalized spacial score (nSPS) is 27.7. The quantitative estimate of drug-likeness (QED) is 0.583. The van der Waals surface area contributed by atoms with Gasteiger partial charge in [-0.05, 0) is 12.1 Å². The van der Waals surface area contributed by atoms with Crippen LogP contribution in [0.15, 0.2) is 22.8 Å². The van der Waals surface area contributed by atoms with Crippen molar-refractivity contribution in [2.75, 3.05) is 20.6 Å². The number of furan rings is 1. The highest BCUT2D eigenvalue weighted by atomic mass is 16.3. The van der Waals surface area contributed by atoms with E-state index in [0.29, 0.717) is 6.04 Å². The first-order valence-electron chi connectivity index (χ1n) is 4.56. The molecule has 0 aromatic carbocycles. The zero-order valence-corrected chi connectivity index (χ0v) is 7.79. The van der Waals surface area contributed by atoms with E-state index in [-0.39, 0.29) is 0 Å². The van der Waals surface area contributed by atoms with Gasteiger partial charge in [0, 0.05) is 12.8 Å². The maximum absolute atomic E-state index is 5.44. The molecule has 0 aliphatic carbocycles. The van der Waals surface area contributed by atoms with Crippen molar-refractivity contribution in [1.82, 2.24) is 0 Å². The van der Waals surface area contributed by atoms with Crippen molar-refractivity contribution in [3.05, 3.63) is 24.2 Å². The molecule has 1 fully saturated rings. The maximum Gasteiger partial charge on any atom is 0.161 e. The van der Waals surface area contributed by atoms with Crippen LogP contribution < -0.4 is 0 Å². The van der Waals surface area contributed by atoms with Crippen molar-refractivity contribution in [2.24, 2.45) is 0 Å². The minimum atomic E-state index is 0.583. The zero-order valence-electron chi connectivity index (χ0n) is 7.79. The summed E-state index contributed by atoms with van der Waals surface area (Å²) >= 11 is 0. The second-order valence-electron chi connectivity index (χ2n) is 4.18. The molecule has 2 heteroatoms. The van der Waals surface area contributed by atoms with Gasteiger partial charge in [0.1, 0.15) is 6.04 Å². The van der Waals surface area contributed by atoms with Crippen LogP contribution >= 0.6 is 0 Å². The standard InChI is InChI=1S/C10H16NO/c1-11(2)7-3-5-9(11)10-6-4-8-12-10/h4,6,8-9H,3,5,7H2,1-2H3/q+1/t9-/m0/s1. The van der Waals surface area contributed by atoms with E-state index in [2.05, 4.69) is 20.2 Å². The highest BCUT2D eigenvalue weighted by Gasteiger charge is 2.36. The van der Waals surface area contributed by atoms with E-state index in [1.807, 2.05) is 6.07 Å². The number of quaternary nitrogens is 1. The summed E-state index contributed by atoms with van der Waals surface area (Å²) in [5, 5.41) is 0. The van der Waals surface area contributed by atoms with Gasteiger partial charge in [0.25, 0.3) is 0 Å². The third-order valence-electron chi connectivity index (χ3n) is 2.93. The largest absolute Gasteiger partial charge is 0.463 e. The van der Waals surface area contributed by atoms with Gasteiger partial charge in [0.2, 0.25) is 0 Å². The average Bonchev–Trinajstić information content (AvgIpc) is 2.55. The van der Waals surface area contributed by atoms with Gasteiger partial charge >= 0.3 is 0 Å². The second-order valence-corrected chi connectivity index (χ2v) is 4.18. The number of rotatable bonds is 1. The lowest BCUT2D eigenvalue weighted by molar-refractivity contribution is -0.909. The molecule has 12 heavy (non-hydrogen) atoms. The van der Waals surface area contributed by atoms with Gasteiger partial charge in [-0.3, -0.25) is 0 Å². The number of hydrogen-bond donors (Lipinski definition) is 0. The maximum atomic E-state index is 5.44. The smallest absolute Gasteiger partial charge is 0.161 e. The summed E-state index contributed by atoms with van der Waals surface area (Å²) in [5.41, 5.74) is 0. The fourth-order valence-corrected chi connectivity index (χ4v) is 2.17. The lowest BCUT2D eigenvalue weighted by Gasteiger charge is -2.29. The monoisotopic (exact) mass is 166 g/mol. The lowest BCUT2D eigenvalue weighted by atomic mass is 10.1. The topological polar surface area (TPSA) is 13.1 Å². The molecular formula is C10H16NO+. The Bertz CT molecular complexity index is 251. The Morgan fingerprint density at radius 1 is 1.50 bits per heavy atom. The Balaban J connectivity index is 2.25. The van der Waals surface area contributed by atoms with Gasteiger partial charge in [0.05, 0.1) is 26.9 Å². The van der Waals surface area contributed by atoms with Gasteiger partial charge in [-0.1, -0.05) is 0 Å². The number of nitrogens with zero attached hydrogens (tertiary/aromatic N) is 1. The van der Waals surface area contributed by atoms with Crippen LogP contribution in [0, 0.1) is 0 Å². The predicted octanol–water partition coefficient (Wildman–Crippen LogP) is 2.19.